The number of fused-ring (bicyclic) bond motifs is 1. The maximum atomic E-state index is 12.2. The predicted octanol–water partition coefficient (Wildman–Crippen LogP) is 2.44. The van der Waals surface area contributed by atoms with Crippen LogP contribution in [-0.2, 0) is 17.8 Å². The van der Waals surface area contributed by atoms with Crippen LogP contribution in [0.5, 0.6) is 0 Å². The molecular formula is C15H21ClN4O. The third-order valence-electron chi connectivity index (χ3n) is 3.05. The Morgan fingerprint density at radius 1 is 1.43 bits per heavy atom. The van der Waals surface area contributed by atoms with Crippen LogP contribution in [0.25, 0.3) is 11.2 Å². The summed E-state index contributed by atoms with van der Waals surface area (Å²) in [6, 6.07) is 1.92. The summed E-state index contributed by atoms with van der Waals surface area (Å²) in [5.74, 6) is 1.20. The van der Waals surface area contributed by atoms with Crippen LogP contribution >= 0.6 is 11.6 Å². The third kappa shape index (κ3) is 3.73. The van der Waals surface area contributed by atoms with Crippen LogP contribution in [0.15, 0.2) is 12.3 Å². The number of aromatic nitrogens is 3. The highest BCUT2D eigenvalue weighted by molar-refractivity contribution is 6.17. The van der Waals surface area contributed by atoms with E-state index in [9.17, 15) is 4.79 Å². The first-order valence-corrected chi connectivity index (χ1v) is 7.53. The van der Waals surface area contributed by atoms with Crippen LogP contribution < -0.4 is 5.32 Å². The normalized spacial score (nSPS) is 11.9. The van der Waals surface area contributed by atoms with Crippen molar-refractivity contribution >= 4 is 28.7 Å². The summed E-state index contributed by atoms with van der Waals surface area (Å²) in [6.07, 6.45) is 2.35. The molecular weight excluding hydrogens is 288 g/mol. The quantitative estimate of drug-likeness (QED) is 0.883. The number of pyridine rings is 1. The Balaban J connectivity index is 2.39. The van der Waals surface area contributed by atoms with Crippen LogP contribution in [0.3, 0.4) is 0 Å². The molecule has 0 bridgehead atoms. The van der Waals surface area contributed by atoms with Crippen molar-refractivity contribution in [1.82, 2.24) is 19.9 Å². The number of carbonyl (C=O) groups excluding carboxylic acids is 1. The fraction of sp³-hybridized carbons (Fsp3) is 0.533. The van der Waals surface area contributed by atoms with Gasteiger partial charge in [-0.15, -0.1) is 11.6 Å². The molecule has 0 radical (unpaired) electrons. The zero-order valence-corrected chi connectivity index (χ0v) is 13.7. The Labute approximate surface area is 129 Å². The molecule has 6 heteroatoms. The van der Waals surface area contributed by atoms with Crippen molar-refractivity contribution in [3.63, 3.8) is 0 Å². The summed E-state index contributed by atoms with van der Waals surface area (Å²) in [6.45, 7) is 8.06. The van der Waals surface area contributed by atoms with Gasteiger partial charge in [0.25, 0.3) is 0 Å². The molecule has 2 aromatic heterocycles. The molecule has 0 aliphatic rings. The maximum absolute atomic E-state index is 12.2. The molecule has 114 valence electrons. The SMILES string of the molecule is Cc1ccnc2c1nc(CCCl)n2CC(=O)NC(C)(C)C. The summed E-state index contributed by atoms with van der Waals surface area (Å²) in [7, 11) is 0. The van der Waals surface area contributed by atoms with Gasteiger partial charge in [-0.2, -0.15) is 0 Å². The molecule has 0 aliphatic carbocycles. The van der Waals surface area contributed by atoms with Crippen molar-refractivity contribution in [3.05, 3.63) is 23.7 Å². The van der Waals surface area contributed by atoms with E-state index in [0.717, 1.165) is 22.6 Å². The van der Waals surface area contributed by atoms with E-state index >= 15 is 0 Å². The summed E-state index contributed by atoms with van der Waals surface area (Å²) in [5, 5.41) is 2.96. The largest absolute Gasteiger partial charge is 0.350 e. The van der Waals surface area contributed by atoms with E-state index in [4.69, 9.17) is 11.6 Å². The van der Waals surface area contributed by atoms with E-state index < -0.39 is 0 Å². The molecule has 5 nitrogen and oxygen atoms in total. The van der Waals surface area contributed by atoms with E-state index in [0.29, 0.717) is 12.3 Å². The Hall–Kier alpha value is -1.62. The molecule has 0 fully saturated rings. The minimum Gasteiger partial charge on any atom is -0.350 e. The molecule has 0 atom stereocenters. The maximum Gasteiger partial charge on any atom is 0.240 e. The predicted molar refractivity (Wildman–Crippen MR) is 84.6 cm³/mol. The van der Waals surface area contributed by atoms with Gasteiger partial charge in [-0.25, -0.2) is 9.97 Å². The van der Waals surface area contributed by atoms with Crippen LogP contribution in [0.1, 0.15) is 32.2 Å². The van der Waals surface area contributed by atoms with Crippen molar-refractivity contribution in [2.45, 2.75) is 46.2 Å². The minimum absolute atomic E-state index is 0.0547. The van der Waals surface area contributed by atoms with E-state index in [1.807, 2.05) is 38.3 Å². The highest BCUT2D eigenvalue weighted by Gasteiger charge is 2.18. The first-order valence-electron chi connectivity index (χ1n) is 6.99. The fourth-order valence-corrected chi connectivity index (χ4v) is 2.40. The molecule has 0 aromatic carbocycles. The van der Waals surface area contributed by atoms with Crippen LogP contribution in [0, 0.1) is 6.92 Å². The molecule has 2 aromatic rings. The third-order valence-corrected chi connectivity index (χ3v) is 3.24. The number of hydrogen-bond donors (Lipinski definition) is 1. The average molecular weight is 309 g/mol. The lowest BCUT2D eigenvalue weighted by molar-refractivity contribution is -0.123. The van der Waals surface area contributed by atoms with Crippen LogP contribution in [0.4, 0.5) is 0 Å². The standard InChI is InChI=1S/C15H21ClN4O/c1-10-6-8-17-14-13(10)18-11(5-7-16)20(14)9-12(21)19-15(2,3)4/h6,8H,5,7,9H2,1-4H3,(H,19,21). The van der Waals surface area contributed by atoms with Gasteiger partial charge in [0, 0.05) is 24.0 Å². The summed E-state index contributed by atoms with van der Waals surface area (Å²) < 4.78 is 1.85. The first kappa shape index (κ1) is 15.8. The van der Waals surface area contributed by atoms with Gasteiger partial charge in [0.15, 0.2) is 5.65 Å². The Bertz CT molecular complexity index is 657. The number of hydrogen-bond acceptors (Lipinski definition) is 3. The Morgan fingerprint density at radius 2 is 2.14 bits per heavy atom. The van der Waals surface area contributed by atoms with Crippen molar-refractivity contribution in [3.8, 4) is 0 Å². The second-order valence-corrected chi connectivity index (χ2v) is 6.53. The molecule has 1 amide bonds. The van der Waals surface area contributed by atoms with E-state index in [1.165, 1.54) is 0 Å². The number of amides is 1. The highest BCUT2D eigenvalue weighted by atomic mass is 35.5. The van der Waals surface area contributed by atoms with Crippen molar-refractivity contribution in [1.29, 1.82) is 0 Å². The number of rotatable bonds is 4. The van der Waals surface area contributed by atoms with E-state index in [1.54, 1.807) is 6.20 Å². The van der Waals surface area contributed by atoms with Gasteiger partial charge in [0.1, 0.15) is 17.9 Å². The zero-order chi connectivity index (χ0) is 15.6. The Morgan fingerprint density at radius 3 is 2.76 bits per heavy atom. The van der Waals surface area contributed by atoms with Gasteiger partial charge in [0.2, 0.25) is 5.91 Å². The Kier molecular flexibility index (Phi) is 4.52. The number of nitrogens with one attached hydrogen (secondary N) is 1. The van der Waals surface area contributed by atoms with Crippen LogP contribution in [-0.4, -0.2) is 31.9 Å². The lowest BCUT2D eigenvalue weighted by atomic mass is 10.1. The summed E-state index contributed by atoms with van der Waals surface area (Å²) in [5.41, 5.74) is 2.36. The second kappa shape index (κ2) is 6.02. The molecule has 2 rings (SSSR count). The first-order chi connectivity index (χ1) is 9.81. The lowest BCUT2D eigenvalue weighted by Crippen LogP contribution is -2.42. The zero-order valence-electron chi connectivity index (χ0n) is 12.9. The average Bonchev–Trinajstić information content (AvgIpc) is 2.68. The number of halogens is 1. The van der Waals surface area contributed by atoms with E-state index in [2.05, 4.69) is 15.3 Å². The van der Waals surface area contributed by atoms with Crippen LogP contribution in [0.2, 0.25) is 0 Å². The molecule has 0 unspecified atom stereocenters. The van der Waals surface area contributed by atoms with Crippen molar-refractivity contribution < 1.29 is 4.79 Å². The molecule has 0 aliphatic heterocycles. The van der Waals surface area contributed by atoms with Gasteiger partial charge in [0.05, 0.1) is 0 Å². The van der Waals surface area contributed by atoms with Gasteiger partial charge in [-0.3, -0.25) is 4.79 Å². The minimum atomic E-state index is -0.260. The van der Waals surface area contributed by atoms with E-state index in [-0.39, 0.29) is 18.0 Å². The van der Waals surface area contributed by atoms with Gasteiger partial charge < -0.3 is 9.88 Å². The molecule has 1 N–H and O–H groups in total. The molecule has 0 saturated heterocycles. The number of nitrogens with zero attached hydrogens (tertiary/aromatic N) is 3. The smallest absolute Gasteiger partial charge is 0.240 e. The van der Waals surface area contributed by atoms with Crippen molar-refractivity contribution in [2.75, 3.05) is 5.88 Å². The monoisotopic (exact) mass is 308 g/mol. The van der Waals surface area contributed by atoms with Gasteiger partial charge in [-0.05, 0) is 39.3 Å². The summed E-state index contributed by atoms with van der Waals surface area (Å²) in [4.78, 5) is 21.1. The summed E-state index contributed by atoms with van der Waals surface area (Å²) >= 11 is 5.84. The molecule has 0 spiro atoms. The topological polar surface area (TPSA) is 59.8 Å². The number of carbonyl (C=O) groups is 1. The molecule has 0 saturated carbocycles. The molecule has 21 heavy (non-hydrogen) atoms. The molecule has 2 heterocycles. The lowest BCUT2D eigenvalue weighted by Gasteiger charge is -2.21. The van der Waals surface area contributed by atoms with Gasteiger partial charge in [-0.1, -0.05) is 0 Å². The highest BCUT2D eigenvalue weighted by Crippen LogP contribution is 2.18. The number of alkyl halides is 1. The fourth-order valence-electron chi connectivity index (χ4n) is 2.23. The van der Waals surface area contributed by atoms with Crippen molar-refractivity contribution in [2.24, 2.45) is 0 Å². The second-order valence-electron chi connectivity index (χ2n) is 6.15. The number of aryl methyl sites for hydroxylation is 2. The van der Waals surface area contributed by atoms with Gasteiger partial charge >= 0.3 is 0 Å². The number of imidazole rings is 1.